The summed E-state index contributed by atoms with van der Waals surface area (Å²) >= 11 is 0. The molecule has 15 heavy (non-hydrogen) atoms. The van der Waals surface area contributed by atoms with Crippen LogP contribution in [0.15, 0.2) is 24.3 Å². The predicted octanol–water partition coefficient (Wildman–Crippen LogP) is 0.914. The highest BCUT2D eigenvalue weighted by atomic mass is 16.2. The first-order valence-corrected chi connectivity index (χ1v) is 4.64. The molecule has 0 fully saturated rings. The topological polar surface area (TPSA) is 75.4 Å². The van der Waals surface area contributed by atoms with Crippen molar-refractivity contribution < 1.29 is 9.59 Å². The van der Waals surface area contributed by atoms with Crippen LogP contribution in [0.3, 0.4) is 0 Å². The lowest BCUT2D eigenvalue weighted by Crippen LogP contribution is -2.36. The van der Waals surface area contributed by atoms with Gasteiger partial charge in [0.15, 0.2) is 0 Å². The molecule has 0 aliphatic carbocycles. The highest BCUT2D eigenvalue weighted by molar-refractivity contribution is 6.02. The van der Waals surface area contributed by atoms with Crippen LogP contribution in [0.25, 0.3) is 0 Å². The molecule has 1 aromatic carbocycles. The van der Waals surface area contributed by atoms with Gasteiger partial charge in [-0.2, -0.15) is 0 Å². The van der Waals surface area contributed by atoms with Crippen LogP contribution in [0.5, 0.6) is 0 Å². The molecule has 78 valence electrons. The van der Waals surface area contributed by atoms with E-state index in [1.165, 1.54) is 4.90 Å². The van der Waals surface area contributed by atoms with Crippen molar-refractivity contribution in [2.45, 2.75) is 6.42 Å². The number of nitrogens with two attached hydrogens (primary N) is 1. The van der Waals surface area contributed by atoms with E-state index < -0.39 is 6.03 Å². The van der Waals surface area contributed by atoms with Gasteiger partial charge < -0.3 is 11.1 Å². The van der Waals surface area contributed by atoms with Crippen LogP contribution in [0.2, 0.25) is 0 Å². The van der Waals surface area contributed by atoms with Crippen LogP contribution >= 0.6 is 0 Å². The lowest BCUT2D eigenvalue weighted by atomic mass is 10.2. The van der Waals surface area contributed by atoms with Gasteiger partial charge in [0.2, 0.25) is 5.91 Å². The minimum absolute atomic E-state index is 0.105. The molecule has 0 atom stereocenters. The standard InChI is InChI=1S/C10H11N3O2/c11-10(15)13-6-5-9(14)12-7-3-1-2-4-8(7)13/h1-4H,5-6H2,(H2,11,15)(H,12,14). The molecule has 0 saturated heterocycles. The highest BCUT2D eigenvalue weighted by Gasteiger charge is 2.21. The highest BCUT2D eigenvalue weighted by Crippen LogP contribution is 2.27. The Bertz CT molecular complexity index is 417. The summed E-state index contributed by atoms with van der Waals surface area (Å²) in [6.45, 7) is 0.318. The van der Waals surface area contributed by atoms with Gasteiger partial charge in [0, 0.05) is 13.0 Å². The van der Waals surface area contributed by atoms with Gasteiger partial charge in [0.05, 0.1) is 11.4 Å². The maximum absolute atomic E-state index is 11.3. The van der Waals surface area contributed by atoms with Crippen molar-refractivity contribution in [3.05, 3.63) is 24.3 Å². The van der Waals surface area contributed by atoms with Crippen molar-refractivity contribution in [1.29, 1.82) is 0 Å². The van der Waals surface area contributed by atoms with Gasteiger partial charge in [-0.15, -0.1) is 0 Å². The third-order valence-electron chi connectivity index (χ3n) is 2.30. The first-order valence-electron chi connectivity index (χ1n) is 4.64. The number of carbonyl (C=O) groups is 2. The number of benzene rings is 1. The summed E-state index contributed by atoms with van der Waals surface area (Å²) in [6, 6.07) is 6.55. The minimum atomic E-state index is -0.543. The van der Waals surface area contributed by atoms with Crippen LogP contribution in [-0.4, -0.2) is 18.5 Å². The Morgan fingerprint density at radius 2 is 2.13 bits per heavy atom. The van der Waals surface area contributed by atoms with Crippen molar-refractivity contribution in [2.24, 2.45) is 5.73 Å². The van der Waals surface area contributed by atoms with Gasteiger partial charge in [-0.05, 0) is 12.1 Å². The summed E-state index contributed by atoms with van der Waals surface area (Å²) in [5.74, 6) is -0.105. The fourth-order valence-electron chi connectivity index (χ4n) is 1.59. The summed E-state index contributed by atoms with van der Waals surface area (Å²) in [6.07, 6.45) is 0.262. The molecule has 2 rings (SSSR count). The molecule has 0 saturated carbocycles. The number of primary amides is 1. The zero-order chi connectivity index (χ0) is 10.8. The molecule has 0 bridgehead atoms. The Morgan fingerprint density at radius 1 is 1.40 bits per heavy atom. The fourth-order valence-corrected chi connectivity index (χ4v) is 1.59. The van der Waals surface area contributed by atoms with Crippen LogP contribution in [0.4, 0.5) is 16.2 Å². The zero-order valence-corrected chi connectivity index (χ0v) is 8.06. The van der Waals surface area contributed by atoms with Crippen molar-refractivity contribution in [1.82, 2.24) is 0 Å². The van der Waals surface area contributed by atoms with E-state index >= 15 is 0 Å². The van der Waals surface area contributed by atoms with E-state index in [-0.39, 0.29) is 12.3 Å². The Morgan fingerprint density at radius 3 is 2.87 bits per heavy atom. The second kappa shape index (κ2) is 3.61. The van der Waals surface area contributed by atoms with Crippen molar-refractivity contribution in [2.75, 3.05) is 16.8 Å². The number of nitrogens with one attached hydrogen (secondary N) is 1. The van der Waals surface area contributed by atoms with Gasteiger partial charge in [0.1, 0.15) is 0 Å². The SMILES string of the molecule is NC(=O)N1CCC(=O)Nc2ccccc21. The van der Waals surface area contributed by atoms with E-state index in [1.54, 1.807) is 24.3 Å². The van der Waals surface area contributed by atoms with Crippen molar-refractivity contribution >= 4 is 23.3 Å². The molecule has 0 aromatic heterocycles. The van der Waals surface area contributed by atoms with Gasteiger partial charge in [0.25, 0.3) is 0 Å². The van der Waals surface area contributed by atoms with E-state index in [2.05, 4.69) is 5.32 Å². The molecular weight excluding hydrogens is 194 g/mol. The largest absolute Gasteiger partial charge is 0.351 e. The van der Waals surface area contributed by atoms with E-state index in [9.17, 15) is 9.59 Å². The summed E-state index contributed by atoms with van der Waals surface area (Å²) in [4.78, 5) is 23.9. The quantitative estimate of drug-likeness (QED) is 0.660. The van der Waals surface area contributed by atoms with E-state index in [0.717, 1.165) is 0 Å². The number of hydrogen-bond donors (Lipinski definition) is 2. The zero-order valence-electron chi connectivity index (χ0n) is 8.06. The molecular formula is C10H11N3O2. The van der Waals surface area contributed by atoms with Crippen LogP contribution in [0, 0.1) is 0 Å². The summed E-state index contributed by atoms with van der Waals surface area (Å²) in [7, 11) is 0. The number of carbonyl (C=O) groups excluding carboxylic acids is 2. The number of urea groups is 1. The smallest absolute Gasteiger partial charge is 0.319 e. The average Bonchev–Trinajstić information content (AvgIpc) is 2.35. The number of amides is 3. The van der Waals surface area contributed by atoms with E-state index in [1.807, 2.05) is 0 Å². The maximum Gasteiger partial charge on any atom is 0.319 e. The third kappa shape index (κ3) is 1.76. The number of anilines is 2. The van der Waals surface area contributed by atoms with Gasteiger partial charge in [-0.3, -0.25) is 9.69 Å². The fraction of sp³-hybridized carbons (Fsp3) is 0.200. The van der Waals surface area contributed by atoms with E-state index in [0.29, 0.717) is 17.9 Å². The Kier molecular flexibility index (Phi) is 2.29. The van der Waals surface area contributed by atoms with Crippen LogP contribution in [0.1, 0.15) is 6.42 Å². The molecule has 1 aromatic rings. The molecule has 1 heterocycles. The number of nitrogens with zero attached hydrogens (tertiary/aromatic N) is 1. The van der Waals surface area contributed by atoms with Gasteiger partial charge >= 0.3 is 6.03 Å². The average molecular weight is 205 g/mol. The molecule has 5 nitrogen and oxygen atoms in total. The Hall–Kier alpha value is -2.04. The Labute approximate surface area is 86.9 Å². The molecule has 0 radical (unpaired) electrons. The van der Waals surface area contributed by atoms with Crippen molar-refractivity contribution in [3.63, 3.8) is 0 Å². The summed E-state index contributed by atoms with van der Waals surface area (Å²) < 4.78 is 0. The predicted molar refractivity (Wildman–Crippen MR) is 56.6 cm³/mol. The second-order valence-electron chi connectivity index (χ2n) is 3.31. The second-order valence-corrected chi connectivity index (χ2v) is 3.31. The normalized spacial score (nSPS) is 15.2. The minimum Gasteiger partial charge on any atom is -0.351 e. The van der Waals surface area contributed by atoms with Crippen LogP contribution in [-0.2, 0) is 4.79 Å². The molecule has 3 N–H and O–H groups in total. The molecule has 1 aliphatic rings. The number of para-hydroxylation sites is 2. The maximum atomic E-state index is 11.3. The number of hydrogen-bond acceptors (Lipinski definition) is 2. The Balaban J connectivity index is 2.46. The molecule has 1 aliphatic heterocycles. The van der Waals surface area contributed by atoms with Gasteiger partial charge in [-0.1, -0.05) is 12.1 Å². The molecule has 0 spiro atoms. The van der Waals surface area contributed by atoms with E-state index in [4.69, 9.17) is 5.73 Å². The summed E-state index contributed by atoms with van der Waals surface area (Å²) in [5, 5.41) is 2.72. The first kappa shape index (κ1) is 9.51. The lowest BCUT2D eigenvalue weighted by molar-refractivity contribution is -0.115. The first-order chi connectivity index (χ1) is 7.18. The van der Waals surface area contributed by atoms with Crippen molar-refractivity contribution in [3.8, 4) is 0 Å². The molecule has 5 heteroatoms. The lowest BCUT2D eigenvalue weighted by Gasteiger charge is -2.19. The molecule has 3 amide bonds. The third-order valence-corrected chi connectivity index (χ3v) is 2.30. The number of rotatable bonds is 0. The summed E-state index contributed by atoms with van der Waals surface area (Å²) in [5.41, 5.74) is 6.52. The molecule has 0 unspecified atom stereocenters. The van der Waals surface area contributed by atoms with Crippen LogP contribution < -0.4 is 16.0 Å². The monoisotopic (exact) mass is 205 g/mol. The van der Waals surface area contributed by atoms with Gasteiger partial charge in [-0.25, -0.2) is 4.79 Å². The number of fused-ring (bicyclic) bond motifs is 1.